The van der Waals surface area contributed by atoms with Crippen LogP contribution in [0.5, 0.6) is 0 Å². The topological polar surface area (TPSA) is 37.4 Å². The number of halogens is 1. The zero-order valence-electron chi connectivity index (χ0n) is 7.16. The average Bonchev–Trinajstić information content (AvgIpc) is 2.03. The van der Waals surface area contributed by atoms with Crippen LogP contribution in [0.2, 0.25) is 0 Å². The Hall–Kier alpha value is 0.200. The Labute approximate surface area is 78.3 Å². The maximum atomic E-state index is 11.0. The van der Waals surface area contributed by atoms with E-state index in [0.29, 0.717) is 6.54 Å². The van der Waals surface area contributed by atoms with E-state index in [1.165, 1.54) is 4.31 Å². The molecule has 1 aliphatic rings. The largest absolute Gasteiger partial charge is 0.300 e. The fraction of sp³-hybridized carbons (Fsp3) is 1.00. The smallest absolute Gasteiger partial charge is 0.195 e. The molecule has 3 nitrogen and oxygen atoms in total. The summed E-state index contributed by atoms with van der Waals surface area (Å²) in [7, 11) is 1.80. The van der Waals surface area contributed by atoms with Gasteiger partial charge in [0, 0.05) is 23.3 Å². The molecule has 1 unspecified atom stereocenters. The van der Waals surface area contributed by atoms with Gasteiger partial charge in [-0.1, -0.05) is 13.3 Å². The van der Waals surface area contributed by atoms with Crippen LogP contribution in [0.15, 0.2) is 0 Å². The molecule has 1 fully saturated rings. The number of nitrogens with zero attached hydrogens (tertiary/aromatic N) is 1. The molecular weight excluding hydrogens is 198 g/mol. The van der Waals surface area contributed by atoms with Gasteiger partial charge in [0.1, 0.15) is 0 Å². The highest BCUT2D eigenvalue weighted by atomic mass is 35.7. The number of hydrogen-bond donors (Lipinski definition) is 0. The van der Waals surface area contributed by atoms with Crippen LogP contribution in [0.1, 0.15) is 32.6 Å². The van der Waals surface area contributed by atoms with Gasteiger partial charge in [0.05, 0.1) is 0 Å². The molecule has 0 bridgehead atoms. The standard InChI is InChI=1S/C7H14ClNO2S/c1-2-7-5-3-4-6-9(7)12(8,10)11/h7H,2-6H2,1H3. The minimum Gasteiger partial charge on any atom is -0.195 e. The molecule has 0 saturated carbocycles. The van der Waals surface area contributed by atoms with E-state index in [4.69, 9.17) is 10.7 Å². The highest BCUT2D eigenvalue weighted by molar-refractivity contribution is 8.11. The first-order valence-corrected chi connectivity index (χ1v) is 6.53. The maximum absolute atomic E-state index is 11.0. The summed E-state index contributed by atoms with van der Waals surface area (Å²) in [5.41, 5.74) is 0. The van der Waals surface area contributed by atoms with Gasteiger partial charge in [0.15, 0.2) is 0 Å². The molecule has 1 rings (SSSR count). The van der Waals surface area contributed by atoms with Crippen LogP contribution >= 0.6 is 10.7 Å². The lowest BCUT2D eigenvalue weighted by molar-refractivity contribution is 0.251. The second kappa shape index (κ2) is 3.94. The number of hydrogen-bond acceptors (Lipinski definition) is 2. The molecule has 12 heavy (non-hydrogen) atoms. The van der Waals surface area contributed by atoms with Gasteiger partial charge < -0.3 is 0 Å². The Bertz CT molecular complexity index is 240. The molecule has 1 heterocycles. The normalized spacial score (nSPS) is 27.3. The molecule has 0 aromatic rings. The summed E-state index contributed by atoms with van der Waals surface area (Å²) in [5, 5.41) is 0. The predicted octanol–water partition coefficient (Wildman–Crippen LogP) is 1.73. The number of piperidine rings is 1. The Balaban J connectivity index is 2.72. The van der Waals surface area contributed by atoms with Gasteiger partial charge in [0.2, 0.25) is 0 Å². The molecule has 0 radical (unpaired) electrons. The highest BCUT2D eigenvalue weighted by Gasteiger charge is 2.29. The van der Waals surface area contributed by atoms with Crippen LogP contribution in [0.4, 0.5) is 0 Å². The lowest BCUT2D eigenvalue weighted by Gasteiger charge is -2.31. The zero-order valence-corrected chi connectivity index (χ0v) is 8.74. The minimum atomic E-state index is -3.48. The quantitative estimate of drug-likeness (QED) is 0.653. The van der Waals surface area contributed by atoms with Crippen molar-refractivity contribution in [2.45, 2.75) is 38.6 Å². The third-order valence-electron chi connectivity index (χ3n) is 2.32. The van der Waals surface area contributed by atoms with E-state index in [-0.39, 0.29) is 6.04 Å². The van der Waals surface area contributed by atoms with Crippen LogP contribution in [-0.2, 0) is 9.24 Å². The summed E-state index contributed by atoms with van der Waals surface area (Å²) >= 11 is 0. The van der Waals surface area contributed by atoms with Gasteiger partial charge in [-0.15, -0.1) is 0 Å². The molecule has 72 valence electrons. The van der Waals surface area contributed by atoms with Crippen LogP contribution < -0.4 is 0 Å². The van der Waals surface area contributed by atoms with Crippen molar-refractivity contribution >= 4 is 19.9 Å². The first-order valence-electron chi connectivity index (χ1n) is 4.27. The molecule has 1 aliphatic heterocycles. The first kappa shape index (κ1) is 10.3. The third-order valence-corrected chi connectivity index (χ3v) is 3.90. The summed E-state index contributed by atoms with van der Waals surface area (Å²) in [6.07, 6.45) is 3.85. The molecule has 1 atom stereocenters. The van der Waals surface area contributed by atoms with E-state index in [0.717, 1.165) is 25.7 Å². The van der Waals surface area contributed by atoms with Crippen molar-refractivity contribution in [1.82, 2.24) is 4.31 Å². The zero-order chi connectivity index (χ0) is 9.19. The Morgan fingerprint density at radius 2 is 2.17 bits per heavy atom. The van der Waals surface area contributed by atoms with E-state index in [1.54, 1.807) is 0 Å². The third kappa shape index (κ3) is 2.34. The lowest BCUT2D eigenvalue weighted by atomic mass is 10.0. The van der Waals surface area contributed by atoms with Crippen molar-refractivity contribution in [1.29, 1.82) is 0 Å². The van der Waals surface area contributed by atoms with E-state index in [1.807, 2.05) is 6.92 Å². The van der Waals surface area contributed by atoms with Crippen molar-refractivity contribution < 1.29 is 8.42 Å². The summed E-state index contributed by atoms with van der Waals surface area (Å²) in [6, 6.07) is 0.126. The van der Waals surface area contributed by atoms with E-state index in [9.17, 15) is 8.42 Å². The second-order valence-corrected chi connectivity index (χ2v) is 5.57. The Morgan fingerprint density at radius 1 is 1.50 bits per heavy atom. The first-order chi connectivity index (χ1) is 5.55. The highest BCUT2D eigenvalue weighted by Crippen LogP contribution is 2.24. The van der Waals surface area contributed by atoms with E-state index >= 15 is 0 Å². The second-order valence-electron chi connectivity index (χ2n) is 3.11. The molecule has 0 aliphatic carbocycles. The fourth-order valence-electron chi connectivity index (χ4n) is 1.67. The van der Waals surface area contributed by atoms with Crippen molar-refractivity contribution in [3.63, 3.8) is 0 Å². The van der Waals surface area contributed by atoms with Gasteiger partial charge in [0.25, 0.3) is 9.24 Å². The maximum Gasteiger partial charge on any atom is 0.300 e. The molecule has 0 spiro atoms. The van der Waals surface area contributed by atoms with Gasteiger partial charge in [-0.25, -0.2) is 0 Å². The van der Waals surface area contributed by atoms with Crippen LogP contribution in [0.25, 0.3) is 0 Å². The fourth-order valence-corrected chi connectivity index (χ4v) is 3.17. The SMILES string of the molecule is CCC1CCCCN1S(=O)(=O)Cl. The Morgan fingerprint density at radius 3 is 2.58 bits per heavy atom. The van der Waals surface area contributed by atoms with Gasteiger partial charge >= 0.3 is 0 Å². The van der Waals surface area contributed by atoms with Crippen LogP contribution in [0.3, 0.4) is 0 Å². The molecule has 0 aromatic heterocycles. The molecule has 0 amide bonds. The van der Waals surface area contributed by atoms with Crippen molar-refractivity contribution in [2.24, 2.45) is 0 Å². The lowest BCUT2D eigenvalue weighted by Crippen LogP contribution is -2.40. The van der Waals surface area contributed by atoms with E-state index in [2.05, 4.69) is 0 Å². The molecular formula is C7H14ClNO2S. The molecule has 1 saturated heterocycles. The van der Waals surface area contributed by atoms with E-state index < -0.39 is 9.24 Å². The minimum absolute atomic E-state index is 0.126. The van der Waals surface area contributed by atoms with Crippen LogP contribution in [-0.4, -0.2) is 25.3 Å². The summed E-state index contributed by atoms with van der Waals surface area (Å²) in [4.78, 5) is 0. The molecule has 0 aromatic carbocycles. The molecule has 0 N–H and O–H groups in total. The van der Waals surface area contributed by atoms with Gasteiger partial charge in [-0.05, 0) is 19.3 Å². The predicted molar refractivity (Wildman–Crippen MR) is 49.4 cm³/mol. The summed E-state index contributed by atoms with van der Waals surface area (Å²) < 4.78 is 23.5. The number of rotatable bonds is 2. The van der Waals surface area contributed by atoms with Gasteiger partial charge in [-0.2, -0.15) is 12.7 Å². The van der Waals surface area contributed by atoms with Gasteiger partial charge in [-0.3, -0.25) is 0 Å². The monoisotopic (exact) mass is 211 g/mol. The summed E-state index contributed by atoms with van der Waals surface area (Å²) in [6.45, 7) is 2.58. The Kier molecular flexibility index (Phi) is 3.37. The van der Waals surface area contributed by atoms with Crippen molar-refractivity contribution in [2.75, 3.05) is 6.54 Å². The summed E-state index contributed by atoms with van der Waals surface area (Å²) in [5.74, 6) is 0. The van der Waals surface area contributed by atoms with Crippen molar-refractivity contribution in [3.05, 3.63) is 0 Å². The van der Waals surface area contributed by atoms with Crippen LogP contribution in [0, 0.1) is 0 Å². The average molecular weight is 212 g/mol. The van der Waals surface area contributed by atoms with Crippen molar-refractivity contribution in [3.8, 4) is 0 Å². The molecule has 5 heteroatoms.